The first kappa shape index (κ1) is 15.7. The quantitative estimate of drug-likeness (QED) is 0.721. The number of aromatic nitrogens is 1. The Kier molecular flexibility index (Phi) is 3.01. The lowest BCUT2D eigenvalue weighted by Crippen LogP contribution is -2.54. The molecule has 1 aromatic rings. The predicted octanol–water partition coefficient (Wildman–Crippen LogP) is 4.22. The molecule has 0 bridgehead atoms. The van der Waals surface area contributed by atoms with Gasteiger partial charge in [-0.2, -0.15) is 0 Å². The lowest BCUT2D eigenvalue weighted by Gasteiger charge is -2.58. The molecular formula is C22H27NO2. The molecule has 25 heavy (non-hydrogen) atoms. The van der Waals surface area contributed by atoms with Crippen LogP contribution in [0.3, 0.4) is 0 Å². The molecule has 1 heterocycles. The fourth-order valence-electron chi connectivity index (χ4n) is 7.14. The van der Waals surface area contributed by atoms with Crippen LogP contribution in [0, 0.1) is 40.9 Å². The fraction of sp³-hybridized carbons (Fsp3) is 0.682. The van der Waals surface area contributed by atoms with E-state index in [0.717, 1.165) is 44.3 Å². The summed E-state index contributed by atoms with van der Waals surface area (Å²) in [6.45, 7) is 4.71. The first-order chi connectivity index (χ1) is 11.9. The van der Waals surface area contributed by atoms with Gasteiger partial charge in [0.25, 0.3) is 0 Å². The van der Waals surface area contributed by atoms with Crippen molar-refractivity contribution in [3.8, 4) is 12.3 Å². The van der Waals surface area contributed by atoms with E-state index in [-0.39, 0.29) is 10.8 Å². The van der Waals surface area contributed by atoms with Gasteiger partial charge in [0.05, 0.1) is 6.20 Å². The van der Waals surface area contributed by atoms with E-state index in [9.17, 15) is 5.11 Å². The van der Waals surface area contributed by atoms with Crippen LogP contribution in [0.4, 0.5) is 0 Å². The first-order valence-electron chi connectivity index (χ1n) is 9.76. The predicted molar refractivity (Wildman–Crippen MR) is 96.4 cm³/mol. The van der Waals surface area contributed by atoms with Gasteiger partial charge in [0.2, 0.25) is 0 Å². The van der Waals surface area contributed by atoms with Gasteiger partial charge in [-0.05, 0) is 74.2 Å². The van der Waals surface area contributed by atoms with Crippen LogP contribution in [0.2, 0.25) is 0 Å². The Morgan fingerprint density at radius 1 is 1.24 bits per heavy atom. The van der Waals surface area contributed by atoms with Crippen LogP contribution in [0.5, 0.6) is 0 Å². The van der Waals surface area contributed by atoms with Crippen molar-refractivity contribution in [3.63, 3.8) is 0 Å². The SMILES string of the molecule is C#C[C@@]1(O)CC[C@@H]2[C@H]3CCC4=Cc5oncc5C[C@]4(C)[C@@H]3CC[C@@]21C. The van der Waals surface area contributed by atoms with E-state index in [4.69, 9.17) is 10.9 Å². The van der Waals surface area contributed by atoms with Gasteiger partial charge in [-0.3, -0.25) is 0 Å². The van der Waals surface area contributed by atoms with Gasteiger partial charge >= 0.3 is 0 Å². The highest BCUT2D eigenvalue weighted by atomic mass is 16.5. The first-order valence-corrected chi connectivity index (χ1v) is 9.76. The Bertz CT molecular complexity index is 801. The maximum Gasteiger partial charge on any atom is 0.162 e. The van der Waals surface area contributed by atoms with Gasteiger partial charge in [-0.25, -0.2) is 0 Å². The van der Waals surface area contributed by atoms with Gasteiger partial charge in [0, 0.05) is 11.0 Å². The van der Waals surface area contributed by atoms with Crippen molar-refractivity contribution >= 4 is 6.08 Å². The summed E-state index contributed by atoms with van der Waals surface area (Å²) in [5.74, 6) is 5.64. The van der Waals surface area contributed by atoms with E-state index in [2.05, 4.69) is 31.0 Å². The summed E-state index contributed by atoms with van der Waals surface area (Å²) >= 11 is 0. The highest BCUT2D eigenvalue weighted by Gasteiger charge is 2.63. The van der Waals surface area contributed by atoms with E-state index >= 15 is 0 Å². The van der Waals surface area contributed by atoms with Crippen molar-refractivity contribution in [1.29, 1.82) is 0 Å². The van der Waals surface area contributed by atoms with Crippen molar-refractivity contribution in [2.45, 2.75) is 64.4 Å². The zero-order valence-corrected chi connectivity index (χ0v) is 15.2. The molecule has 0 spiro atoms. The van der Waals surface area contributed by atoms with E-state index < -0.39 is 5.60 Å². The van der Waals surface area contributed by atoms with Crippen LogP contribution in [-0.2, 0) is 6.42 Å². The zero-order valence-electron chi connectivity index (χ0n) is 15.2. The zero-order chi connectivity index (χ0) is 17.4. The average Bonchev–Trinajstić information content (AvgIpc) is 3.14. The number of fused-ring (bicyclic) bond motifs is 6. The van der Waals surface area contributed by atoms with E-state index in [1.54, 1.807) is 5.57 Å². The standard InChI is InChI=1S/C22H27NO2/c1-4-22(24)10-8-18-16-6-5-15-11-19-14(13-23-25-19)12-20(15,2)17(16)7-9-21(18,22)3/h1,11,13,16-18,24H,5-10,12H2,2-3H3/t16-,17+,18+,20-,21-,22+/m0/s1. The number of rotatable bonds is 0. The Labute approximate surface area is 149 Å². The molecule has 4 aliphatic rings. The van der Waals surface area contributed by atoms with Gasteiger partial charge in [0.1, 0.15) is 5.60 Å². The molecule has 5 rings (SSSR count). The lowest BCUT2D eigenvalue weighted by atomic mass is 9.46. The number of allylic oxidation sites excluding steroid dienone is 1. The fourth-order valence-corrected chi connectivity index (χ4v) is 7.14. The molecule has 0 unspecified atom stereocenters. The maximum atomic E-state index is 11.1. The summed E-state index contributed by atoms with van der Waals surface area (Å²) in [6, 6.07) is 0. The van der Waals surface area contributed by atoms with E-state index in [1.807, 2.05) is 6.20 Å². The molecule has 0 saturated heterocycles. The molecule has 3 saturated carbocycles. The van der Waals surface area contributed by atoms with Crippen LogP contribution < -0.4 is 0 Å². The number of hydrogen-bond donors (Lipinski definition) is 1. The highest BCUT2D eigenvalue weighted by molar-refractivity contribution is 5.57. The lowest BCUT2D eigenvalue weighted by molar-refractivity contribution is -0.0975. The van der Waals surface area contributed by atoms with Crippen molar-refractivity contribution in [1.82, 2.24) is 5.16 Å². The summed E-state index contributed by atoms with van der Waals surface area (Å²) in [5.41, 5.74) is 1.99. The van der Waals surface area contributed by atoms with Crippen LogP contribution in [0.1, 0.15) is 63.7 Å². The average molecular weight is 337 g/mol. The molecule has 6 atom stereocenters. The minimum absolute atomic E-state index is 0.114. The molecule has 0 radical (unpaired) electrons. The maximum absolute atomic E-state index is 11.1. The van der Waals surface area contributed by atoms with Crippen LogP contribution in [-0.4, -0.2) is 15.9 Å². The van der Waals surface area contributed by atoms with E-state index in [0.29, 0.717) is 17.8 Å². The summed E-state index contributed by atoms with van der Waals surface area (Å²) in [7, 11) is 0. The highest BCUT2D eigenvalue weighted by Crippen LogP contribution is 2.67. The molecule has 3 nitrogen and oxygen atoms in total. The third kappa shape index (κ3) is 1.79. The van der Waals surface area contributed by atoms with Crippen LogP contribution in [0.15, 0.2) is 16.3 Å². The summed E-state index contributed by atoms with van der Waals surface area (Å²) in [4.78, 5) is 0. The molecule has 0 amide bonds. The summed E-state index contributed by atoms with van der Waals surface area (Å²) in [6.07, 6.45) is 17.4. The second-order valence-electron chi connectivity index (χ2n) is 9.39. The summed E-state index contributed by atoms with van der Waals surface area (Å²) in [5, 5.41) is 15.1. The Hall–Kier alpha value is -1.53. The molecule has 132 valence electrons. The molecule has 3 heteroatoms. The van der Waals surface area contributed by atoms with Crippen molar-refractivity contribution in [2.75, 3.05) is 0 Å². The van der Waals surface area contributed by atoms with Gasteiger partial charge in [-0.15, -0.1) is 6.42 Å². The third-order valence-corrected chi connectivity index (χ3v) is 8.67. The minimum atomic E-state index is -0.909. The van der Waals surface area contributed by atoms with Crippen molar-refractivity contribution in [2.24, 2.45) is 28.6 Å². The molecule has 1 N–H and O–H groups in total. The molecule has 0 aromatic carbocycles. The third-order valence-electron chi connectivity index (χ3n) is 8.67. The smallest absolute Gasteiger partial charge is 0.162 e. The van der Waals surface area contributed by atoms with Gasteiger partial charge in [0.15, 0.2) is 5.76 Å². The second-order valence-corrected chi connectivity index (χ2v) is 9.39. The molecule has 3 fully saturated rings. The van der Waals surface area contributed by atoms with Crippen LogP contribution >= 0.6 is 0 Å². The number of nitrogens with zero attached hydrogens (tertiary/aromatic N) is 1. The van der Waals surface area contributed by atoms with Gasteiger partial charge < -0.3 is 9.63 Å². The molecule has 1 aromatic heterocycles. The monoisotopic (exact) mass is 337 g/mol. The van der Waals surface area contributed by atoms with Gasteiger partial charge in [-0.1, -0.05) is 30.5 Å². The Balaban J connectivity index is 1.53. The molecule has 4 aliphatic carbocycles. The summed E-state index contributed by atoms with van der Waals surface area (Å²) < 4.78 is 5.43. The molecular weight excluding hydrogens is 310 g/mol. The topological polar surface area (TPSA) is 46.3 Å². The minimum Gasteiger partial charge on any atom is -0.377 e. The Morgan fingerprint density at radius 2 is 2.04 bits per heavy atom. The number of aliphatic hydroxyl groups is 1. The van der Waals surface area contributed by atoms with E-state index in [1.165, 1.54) is 12.0 Å². The second kappa shape index (κ2) is 4.80. The van der Waals surface area contributed by atoms with Crippen molar-refractivity contribution < 1.29 is 9.63 Å². The normalized spacial score (nSPS) is 47.8. The number of hydrogen-bond acceptors (Lipinski definition) is 3. The Morgan fingerprint density at radius 3 is 2.84 bits per heavy atom. The van der Waals surface area contributed by atoms with Crippen LogP contribution in [0.25, 0.3) is 6.08 Å². The largest absolute Gasteiger partial charge is 0.377 e. The number of terminal acetylenes is 1. The van der Waals surface area contributed by atoms with Crippen molar-refractivity contribution in [3.05, 3.63) is 23.1 Å². The molecule has 0 aliphatic heterocycles.